The summed E-state index contributed by atoms with van der Waals surface area (Å²) in [7, 11) is 0. The Labute approximate surface area is 147 Å². The molecule has 136 valence electrons. The summed E-state index contributed by atoms with van der Waals surface area (Å²) in [5, 5.41) is 2.93. The first-order valence-corrected chi connectivity index (χ1v) is 8.79. The Bertz CT molecular complexity index is 575. The zero-order valence-electron chi connectivity index (χ0n) is 14.4. The molecule has 2 heterocycles. The number of benzene rings is 1. The van der Waals surface area contributed by atoms with Gasteiger partial charge in [0.15, 0.2) is 0 Å². The van der Waals surface area contributed by atoms with Crippen LogP contribution in [0, 0.1) is 0 Å². The van der Waals surface area contributed by atoms with Gasteiger partial charge in [-0.2, -0.15) is 0 Å². The van der Waals surface area contributed by atoms with Gasteiger partial charge in [0.25, 0.3) is 0 Å². The lowest BCUT2D eigenvalue weighted by molar-refractivity contribution is -0.125. The van der Waals surface area contributed by atoms with E-state index in [0.717, 1.165) is 44.8 Å². The van der Waals surface area contributed by atoms with Crippen LogP contribution in [0.1, 0.15) is 12.0 Å². The summed E-state index contributed by atoms with van der Waals surface area (Å²) in [5.41, 5.74) is 0.978. The number of hydrogen-bond donors (Lipinski definition) is 1. The average molecular weight is 347 g/mol. The third-order valence-electron chi connectivity index (χ3n) is 4.53. The lowest BCUT2D eigenvalue weighted by atomic mass is 10.2. The summed E-state index contributed by atoms with van der Waals surface area (Å²) in [6, 6.07) is 9.06. The van der Waals surface area contributed by atoms with Crippen molar-refractivity contribution in [2.75, 3.05) is 46.0 Å². The van der Waals surface area contributed by atoms with Gasteiger partial charge in [0.1, 0.15) is 12.6 Å². The summed E-state index contributed by atoms with van der Waals surface area (Å²) in [4.78, 5) is 28.2. The van der Waals surface area contributed by atoms with Gasteiger partial charge in [-0.25, -0.2) is 4.79 Å². The smallest absolute Gasteiger partial charge is 0.410 e. The van der Waals surface area contributed by atoms with Gasteiger partial charge in [-0.3, -0.25) is 14.6 Å². The minimum atomic E-state index is -0.559. The lowest BCUT2D eigenvalue weighted by Crippen LogP contribution is -2.46. The number of cyclic esters (lactones) is 1. The summed E-state index contributed by atoms with van der Waals surface area (Å²) in [6.45, 7) is 5.49. The van der Waals surface area contributed by atoms with Crippen molar-refractivity contribution in [1.82, 2.24) is 15.1 Å². The summed E-state index contributed by atoms with van der Waals surface area (Å²) >= 11 is 0. The van der Waals surface area contributed by atoms with Crippen LogP contribution in [0.2, 0.25) is 0 Å². The number of ether oxygens (including phenoxy) is 2. The van der Waals surface area contributed by atoms with Crippen molar-refractivity contribution in [3.63, 3.8) is 0 Å². The third kappa shape index (κ3) is 4.93. The van der Waals surface area contributed by atoms with Crippen LogP contribution in [0.25, 0.3) is 0 Å². The summed E-state index contributed by atoms with van der Waals surface area (Å²) < 4.78 is 10.4. The standard InChI is InChI=1S/C18H25N3O4/c22-17(19-7-4-8-20-9-11-24-12-10-20)16-14-25-18(23)21(16)13-15-5-2-1-3-6-15/h1-3,5-6,16H,4,7-14H2,(H,19,22)/t16-/m0/s1. The molecule has 7 nitrogen and oxygen atoms in total. The molecule has 25 heavy (non-hydrogen) atoms. The van der Waals surface area contributed by atoms with Gasteiger partial charge in [0.2, 0.25) is 5.91 Å². The van der Waals surface area contributed by atoms with Gasteiger partial charge in [-0.15, -0.1) is 0 Å². The van der Waals surface area contributed by atoms with Crippen molar-refractivity contribution in [3.8, 4) is 0 Å². The number of morpholine rings is 1. The molecule has 2 aliphatic rings. The van der Waals surface area contributed by atoms with Gasteiger partial charge >= 0.3 is 6.09 Å². The van der Waals surface area contributed by atoms with Crippen molar-refractivity contribution in [2.24, 2.45) is 0 Å². The van der Waals surface area contributed by atoms with E-state index in [1.807, 2.05) is 30.3 Å². The Morgan fingerprint density at radius 3 is 2.72 bits per heavy atom. The van der Waals surface area contributed by atoms with Crippen LogP contribution in [-0.4, -0.2) is 73.8 Å². The Morgan fingerprint density at radius 2 is 1.96 bits per heavy atom. The number of carbonyl (C=O) groups is 2. The molecule has 0 aliphatic carbocycles. The highest BCUT2D eigenvalue weighted by Crippen LogP contribution is 2.16. The monoisotopic (exact) mass is 347 g/mol. The minimum absolute atomic E-state index is 0.112. The molecule has 1 atom stereocenters. The predicted octanol–water partition coefficient (Wildman–Crippen LogP) is 0.846. The van der Waals surface area contributed by atoms with Crippen molar-refractivity contribution in [2.45, 2.75) is 19.0 Å². The molecule has 0 spiro atoms. The highest BCUT2D eigenvalue weighted by Gasteiger charge is 2.37. The molecule has 1 aromatic carbocycles. The number of amides is 2. The van der Waals surface area contributed by atoms with E-state index in [4.69, 9.17) is 9.47 Å². The number of hydrogen-bond acceptors (Lipinski definition) is 5. The van der Waals surface area contributed by atoms with Crippen molar-refractivity contribution in [3.05, 3.63) is 35.9 Å². The van der Waals surface area contributed by atoms with Crippen molar-refractivity contribution >= 4 is 12.0 Å². The molecule has 0 saturated carbocycles. The molecule has 0 bridgehead atoms. The van der Waals surface area contributed by atoms with Gasteiger partial charge < -0.3 is 14.8 Å². The Kier molecular flexibility index (Phi) is 6.25. The highest BCUT2D eigenvalue weighted by atomic mass is 16.6. The summed E-state index contributed by atoms with van der Waals surface area (Å²) in [5.74, 6) is -0.149. The highest BCUT2D eigenvalue weighted by molar-refractivity contribution is 5.87. The fourth-order valence-electron chi connectivity index (χ4n) is 3.08. The van der Waals surface area contributed by atoms with E-state index in [2.05, 4.69) is 10.2 Å². The SMILES string of the molecule is O=C(NCCCN1CCOCC1)[C@@H]1COC(=O)N1Cc1ccccc1. The second kappa shape index (κ2) is 8.82. The van der Waals surface area contributed by atoms with Crippen LogP contribution < -0.4 is 5.32 Å². The zero-order chi connectivity index (χ0) is 17.5. The van der Waals surface area contributed by atoms with E-state index in [1.54, 1.807) is 0 Å². The first-order valence-electron chi connectivity index (χ1n) is 8.79. The maximum Gasteiger partial charge on any atom is 0.410 e. The maximum atomic E-state index is 12.4. The number of carbonyl (C=O) groups excluding carboxylic acids is 2. The quantitative estimate of drug-likeness (QED) is 0.741. The molecule has 0 unspecified atom stereocenters. The second-order valence-electron chi connectivity index (χ2n) is 6.30. The van der Waals surface area contributed by atoms with Gasteiger partial charge in [-0.1, -0.05) is 30.3 Å². The molecule has 0 radical (unpaired) electrons. The van der Waals surface area contributed by atoms with Crippen LogP contribution in [-0.2, 0) is 20.8 Å². The van der Waals surface area contributed by atoms with Crippen LogP contribution in [0.5, 0.6) is 0 Å². The second-order valence-corrected chi connectivity index (χ2v) is 6.30. The fourth-order valence-corrected chi connectivity index (χ4v) is 3.08. The molecule has 7 heteroatoms. The number of nitrogens with one attached hydrogen (secondary N) is 1. The molecule has 2 fully saturated rings. The largest absolute Gasteiger partial charge is 0.447 e. The first-order chi connectivity index (χ1) is 12.2. The Balaban J connectivity index is 1.44. The van der Waals surface area contributed by atoms with Gasteiger partial charge in [0, 0.05) is 19.6 Å². The van der Waals surface area contributed by atoms with E-state index in [1.165, 1.54) is 4.90 Å². The van der Waals surface area contributed by atoms with Crippen LogP contribution in [0.4, 0.5) is 4.79 Å². The van der Waals surface area contributed by atoms with Crippen LogP contribution in [0.15, 0.2) is 30.3 Å². The maximum absolute atomic E-state index is 12.4. The van der Waals surface area contributed by atoms with E-state index in [-0.39, 0.29) is 12.5 Å². The van der Waals surface area contributed by atoms with E-state index < -0.39 is 12.1 Å². The first kappa shape index (κ1) is 17.7. The van der Waals surface area contributed by atoms with Crippen molar-refractivity contribution < 1.29 is 19.1 Å². The Hall–Kier alpha value is -2.12. The third-order valence-corrected chi connectivity index (χ3v) is 4.53. The summed E-state index contributed by atoms with van der Waals surface area (Å²) in [6.07, 6.45) is 0.448. The minimum Gasteiger partial charge on any atom is -0.447 e. The van der Waals surface area contributed by atoms with Crippen LogP contribution >= 0.6 is 0 Å². The van der Waals surface area contributed by atoms with Gasteiger partial charge in [-0.05, 0) is 18.5 Å². The predicted molar refractivity (Wildman–Crippen MR) is 92.0 cm³/mol. The molecule has 2 saturated heterocycles. The normalized spacial score (nSPS) is 21.2. The molecular weight excluding hydrogens is 322 g/mol. The lowest BCUT2D eigenvalue weighted by Gasteiger charge is -2.26. The molecule has 0 aromatic heterocycles. The molecular formula is C18H25N3O4. The Morgan fingerprint density at radius 1 is 1.20 bits per heavy atom. The van der Waals surface area contributed by atoms with Crippen LogP contribution in [0.3, 0.4) is 0 Å². The molecule has 1 N–H and O–H groups in total. The van der Waals surface area contributed by atoms with E-state index >= 15 is 0 Å². The van der Waals surface area contributed by atoms with E-state index in [9.17, 15) is 9.59 Å². The fraction of sp³-hybridized carbons (Fsp3) is 0.556. The van der Waals surface area contributed by atoms with E-state index in [0.29, 0.717) is 13.1 Å². The molecule has 1 aromatic rings. The topological polar surface area (TPSA) is 71.1 Å². The zero-order valence-corrected chi connectivity index (χ0v) is 14.4. The van der Waals surface area contributed by atoms with Crippen molar-refractivity contribution in [1.29, 1.82) is 0 Å². The molecule has 2 amide bonds. The van der Waals surface area contributed by atoms with Gasteiger partial charge in [0.05, 0.1) is 19.8 Å². The number of nitrogens with zero attached hydrogens (tertiary/aromatic N) is 2. The molecule has 3 rings (SSSR count). The average Bonchev–Trinajstić information content (AvgIpc) is 3.01. The number of rotatable bonds is 7. The molecule has 2 aliphatic heterocycles.